The lowest BCUT2D eigenvalue weighted by molar-refractivity contribution is 0.169. The van der Waals surface area contributed by atoms with Gasteiger partial charge in [-0.25, -0.2) is 0 Å². The summed E-state index contributed by atoms with van der Waals surface area (Å²) in [5, 5.41) is 0. The summed E-state index contributed by atoms with van der Waals surface area (Å²) in [4.78, 5) is 7.25. The van der Waals surface area contributed by atoms with Crippen LogP contribution < -0.4 is 0 Å². The fourth-order valence-electron chi connectivity index (χ4n) is 3.51. The smallest absolute Gasteiger partial charge is 0.0419 e. The molecule has 1 saturated carbocycles. The Balaban J connectivity index is 1.54. The van der Waals surface area contributed by atoms with Crippen molar-refractivity contribution in [1.82, 2.24) is 9.88 Å². The second-order valence-corrected chi connectivity index (χ2v) is 5.82. The molecule has 0 spiro atoms. The van der Waals surface area contributed by atoms with Gasteiger partial charge in [-0.15, -0.1) is 0 Å². The van der Waals surface area contributed by atoms with Crippen molar-refractivity contribution in [2.24, 2.45) is 11.8 Å². The minimum absolute atomic E-state index is 0.999. The highest BCUT2D eigenvalue weighted by Gasteiger charge is 2.32. The van der Waals surface area contributed by atoms with Crippen molar-refractivity contribution in [1.29, 1.82) is 0 Å². The number of rotatable bonds is 3. The average molecular weight is 230 g/mol. The Hall–Kier alpha value is -0.890. The predicted molar refractivity (Wildman–Crippen MR) is 69.9 cm³/mol. The lowest BCUT2D eigenvalue weighted by Crippen LogP contribution is -2.37. The SMILES string of the molecule is Cc1cccc(CCN2C[C@@H]3CC[C@@H](C3)C2)n1. The van der Waals surface area contributed by atoms with Crippen molar-refractivity contribution < 1.29 is 0 Å². The van der Waals surface area contributed by atoms with E-state index in [0.29, 0.717) is 0 Å². The molecule has 2 atom stereocenters. The molecule has 0 unspecified atom stereocenters. The number of aryl methyl sites for hydroxylation is 1. The van der Waals surface area contributed by atoms with Crippen LogP contribution in [0.3, 0.4) is 0 Å². The van der Waals surface area contributed by atoms with E-state index >= 15 is 0 Å². The van der Waals surface area contributed by atoms with E-state index in [1.54, 1.807) is 0 Å². The minimum Gasteiger partial charge on any atom is -0.302 e. The van der Waals surface area contributed by atoms with Crippen molar-refractivity contribution in [3.05, 3.63) is 29.6 Å². The van der Waals surface area contributed by atoms with Crippen molar-refractivity contribution >= 4 is 0 Å². The molecule has 1 aliphatic carbocycles. The average Bonchev–Trinajstić information content (AvgIpc) is 2.66. The van der Waals surface area contributed by atoms with Gasteiger partial charge in [0.1, 0.15) is 0 Å². The topological polar surface area (TPSA) is 16.1 Å². The molecular weight excluding hydrogens is 208 g/mol. The Morgan fingerprint density at radius 1 is 1.24 bits per heavy atom. The summed E-state index contributed by atoms with van der Waals surface area (Å²) in [6.45, 7) is 5.94. The lowest BCUT2D eigenvalue weighted by atomic mass is 9.99. The van der Waals surface area contributed by atoms with Gasteiger partial charge in [-0.1, -0.05) is 6.07 Å². The van der Waals surface area contributed by atoms with Crippen LogP contribution in [-0.2, 0) is 6.42 Å². The molecule has 92 valence electrons. The summed E-state index contributed by atoms with van der Waals surface area (Å²) in [6, 6.07) is 6.35. The van der Waals surface area contributed by atoms with Crippen molar-refractivity contribution in [3.8, 4) is 0 Å². The van der Waals surface area contributed by atoms with Gasteiger partial charge in [-0.3, -0.25) is 4.98 Å². The molecule has 2 heterocycles. The van der Waals surface area contributed by atoms with Gasteiger partial charge < -0.3 is 4.90 Å². The molecule has 0 aromatic carbocycles. The van der Waals surface area contributed by atoms with Crippen LogP contribution in [0.15, 0.2) is 18.2 Å². The number of hydrogen-bond donors (Lipinski definition) is 0. The van der Waals surface area contributed by atoms with Crippen LogP contribution in [0.5, 0.6) is 0 Å². The molecule has 0 amide bonds. The van der Waals surface area contributed by atoms with Crippen LogP contribution in [0.1, 0.15) is 30.7 Å². The van der Waals surface area contributed by atoms with Gasteiger partial charge in [0.05, 0.1) is 0 Å². The summed E-state index contributed by atoms with van der Waals surface area (Å²) in [6.07, 6.45) is 5.56. The maximum Gasteiger partial charge on any atom is 0.0419 e. The number of fused-ring (bicyclic) bond motifs is 2. The first-order chi connectivity index (χ1) is 8.29. The first-order valence-electron chi connectivity index (χ1n) is 6.94. The van der Waals surface area contributed by atoms with Crippen LogP contribution >= 0.6 is 0 Å². The second-order valence-electron chi connectivity index (χ2n) is 5.82. The first kappa shape index (κ1) is 11.2. The summed E-state index contributed by atoms with van der Waals surface area (Å²) < 4.78 is 0. The van der Waals surface area contributed by atoms with Crippen LogP contribution in [0.25, 0.3) is 0 Å². The van der Waals surface area contributed by atoms with Crippen LogP contribution in [0.2, 0.25) is 0 Å². The van der Waals surface area contributed by atoms with Crippen LogP contribution in [0, 0.1) is 18.8 Å². The lowest BCUT2D eigenvalue weighted by Gasteiger charge is -2.31. The van der Waals surface area contributed by atoms with E-state index in [9.17, 15) is 0 Å². The maximum absolute atomic E-state index is 4.58. The maximum atomic E-state index is 4.58. The molecule has 2 aliphatic rings. The highest BCUT2D eigenvalue weighted by Crippen LogP contribution is 2.36. The van der Waals surface area contributed by atoms with E-state index in [0.717, 1.165) is 24.0 Å². The zero-order valence-electron chi connectivity index (χ0n) is 10.7. The molecule has 1 aromatic rings. The van der Waals surface area contributed by atoms with Gasteiger partial charge in [0.2, 0.25) is 0 Å². The van der Waals surface area contributed by atoms with E-state index < -0.39 is 0 Å². The minimum atomic E-state index is 0.999. The highest BCUT2D eigenvalue weighted by atomic mass is 15.1. The summed E-state index contributed by atoms with van der Waals surface area (Å²) in [5.41, 5.74) is 2.39. The number of piperidine rings is 1. The fourth-order valence-corrected chi connectivity index (χ4v) is 3.51. The third kappa shape index (κ3) is 2.68. The third-order valence-corrected chi connectivity index (χ3v) is 4.31. The van der Waals surface area contributed by atoms with E-state index in [4.69, 9.17) is 0 Å². The van der Waals surface area contributed by atoms with E-state index in [1.807, 2.05) is 0 Å². The zero-order valence-corrected chi connectivity index (χ0v) is 10.7. The largest absolute Gasteiger partial charge is 0.302 e. The molecule has 17 heavy (non-hydrogen) atoms. The molecule has 0 radical (unpaired) electrons. The van der Waals surface area contributed by atoms with Crippen molar-refractivity contribution in [3.63, 3.8) is 0 Å². The Morgan fingerprint density at radius 2 is 2.00 bits per heavy atom. The van der Waals surface area contributed by atoms with Gasteiger partial charge in [-0.05, 0) is 50.2 Å². The molecule has 1 aliphatic heterocycles. The summed E-state index contributed by atoms with van der Waals surface area (Å²) in [5.74, 6) is 2.00. The predicted octanol–water partition coefficient (Wildman–Crippen LogP) is 2.66. The molecule has 2 bridgehead atoms. The van der Waals surface area contributed by atoms with Crippen LogP contribution in [0.4, 0.5) is 0 Å². The van der Waals surface area contributed by atoms with Gasteiger partial charge in [0, 0.05) is 37.4 Å². The number of hydrogen-bond acceptors (Lipinski definition) is 2. The van der Waals surface area contributed by atoms with E-state index in [1.165, 1.54) is 44.6 Å². The highest BCUT2D eigenvalue weighted by molar-refractivity contribution is 5.10. The summed E-state index contributed by atoms with van der Waals surface area (Å²) >= 11 is 0. The van der Waals surface area contributed by atoms with Gasteiger partial charge in [0.15, 0.2) is 0 Å². The standard InChI is InChI=1S/C15H22N2/c1-12-3-2-4-15(16-12)7-8-17-10-13-5-6-14(9-13)11-17/h2-4,13-14H,5-11H2,1H3/t13-,14+. The molecule has 1 aromatic heterocycles. The first-order valence-corrected chi connectivity index (χ1v) is 6.94. The number of pyridine rings is 1. The molecule has 0 N–H and O–H groups in total. The third-order valence-electron chi connectivity index (χ3n) is 4.31. The molecular formula is C15H22N2. The Kier molecular flexibility index (Phi) is 3.15. The van der Waals surface area contributed by atoms with Crippen LogP contribution in [-0.4, -0.2) is 29.5 Å². The zero-order chi connectivity index (χ0) is 11.7. The molecule has 2 fully saturated rings. The van der Waals surface area contributed by atoms with E-state index in [-0.39, 0.29) is 0 Å². The number of likely N-dealkylation sites (tertiary alicyclic amines) is 1. The number of nitrogens with zero attached hydrogens (tertiary/aromatic N) is 2. The van der Waals surface area contributed by atoms with Gasteiger partial charge in [-0.2, -0.15) is 0 Å². The Morgan fingerprint density at radius 3 is 2.71 bits per heavy atom. The normalized spacial score (nSPS) is 28.5. The monoisotopic (exact) mass is 230 g/mol. The van der Waals surface area contributed by atoms with Crippen molar-refractivity contribution in [2.45, 2.75) is 32.6 Å². The Bertz CT molecular complexity index is 376. The second kappa shape index (κ2) is 4.77. The molecule has 2 nitrogen and oxygen atoms in total. The van der Waals surface area contributed by atoms with Gasteiger partial charge in [0.25, 0.3) is 0 Å². The van der Waals surface area contributed by atoms with E-state index in [2.05, 4.69) is 35.0 Å². The Labute approximate surface area is 104 Å². The molecule has 3 rings (SSSR count). The fraction of sp³-hybridized carbons (Fsp3) is 0.667. The molecule has 2 heteroatoms. The number of aromatic nitrogens is 1. The molecule has 1 saturated heterocycles. The summed E-state index contributed by atoms with van der Waals surface area (Å²) in [7, 11) is 0. The quantitative estimate of drug-likeness (QED) is 0.793. The van der Waals surface area contributed by atoms with Crippen molar-refractivity contribution in [2.75, 3.05) is 19.6 Å². The van der Waals surface area contributed by atoms with Gasteiger partial charge >= 0.3 is 0 Å².